The van der Waals surface area contributed by atoms with Gasteiger partial charge in [-0.1, -0.05) is 31.2 Å². The highest BCUT2D eigenvalue weighted by molar-refractivity contribution is 7.17. The molecular formula is C23H24O6S. The van der Waals surface area contributed by atoms with Crippen LogP contribution in [0.5, 0.6) is 0 Å². The predicted octanol–water partition coefficient (Wildman–Crippen LogP) is 2.29. The van der Waals surface area contributed by atoms with Crippen molar-refractivity contribution in [3.05, 3.63) is 58.5 Å². The predicted molar refractivity (Wildman–Crippen MR) is 113 cm³/mol. The molecule has 7 heteroatoms. The second kappa shape index (κ2) is 7.39. The van der Waals surface area contributed by atoms with Crippen LogP contribution in [0.1, 0.15) is 23.6 Å². The van der Waals surface area contributed by atoms with E-state index in [9.17, 15) is 20.4 Å². The van der Waals surface area contributed by atoms with Crippen LogP contribution in [-0.4, -0.2) is 51.4 Å². The van der Waals surface area contributed by atoms with Gasteiger partial charge in [0.05, 0.1) is 13.2 Å². The molecule has 30 heavy (non-hydrogen) atoms. The molecule has 5 atom stereocenters. The number of ether oxygens (including phenoxy) is 2. The second-order valence-corrected chi connectivity index (χ2v) is 8.84. The standard InChI is InChI=1S/C23H24O6S/c1-2-12-3-5-13(6-4-12)16-11-30-19-7-14-10-28-23(17(14)8-15(16)19)22(27)21(26)20(25)18(9-24)29-23/h3-8,11,18,20-22,24-27H,2,9-10H2,1H3/t18-,20-,21+,22-,23+/m1/s1. The first-order valence-electron chi connectivity index (χ1n) is 10.1. The SMILES string of the molecule is CCc1ccc(-c2csc3cc4c(cc23)[C@]2(OC4)O[C@H](CO)[C@@H](O)[C@H](O)[C@H]2O)cc1. The zero-order chi connectivity index (χ0) is 21.0. The van der Waals surface area contributed by atoms with Crippen LogP contribution in [0.15, 0.2) is 41.8 Å². The molecule has 2 aliphatic heterocycles. The number of thiophene rings is 1. The maximum Gasteiger partial charge on any atom is 0.225 e. The van der Waals surface area contributed by atoms with E-state index < -0.39 is 36.8 Å². The van der Waals surface area contributed by atoms with Gasteiger partial charge < -0.3 is 29.9 Å². The highest BCUT2D eigenvalue weighted by atomic mass is 32.1. The molecule has 0 bridgehead atoms. The van der Waals surface area contributed by atoms with E-state index in [1.54, 1.807) is 11.3 Å². The molecule has 0 aliphatic carbocycles. The maximum atomic E-state index is 10.8. The molecule has 0 radical (unpaired) electrons. The van der Waals surface area contributed by atoms with Crippen molar-refractivity contribution in [2.75, 3.05) is 6.61 Å². The average molecular weight is 429 g/mol. The third-order valence-electron chi connectivity index (χ3n) is 6.24. The monoisotopic (exact) mass is 428 g/mol. The Hall–Kier alpha value is -1.84. The Morgan fingerprint density at radius 1 is 1.10 bits per heavy atom. The molecule has 3 aromatic rings. The minimum absolute atomic E-state index is 0.210. The van der Waals surface area contributed by atoms with Crippen molar-refractivity contribution < 1.29 is 29.9 Å². The van der Waals surface area contributed by atoms with Gasteiger partial charge in [0.1, 0.15) is 24.4 Å². The highest BCUT2D eigenvalue weighted by Crippen LogP contribution is 2.48. The zero-order valence-electron chi connectivity index (χ0n) is 16.5. The average Bonchev–Trinajstić information content (AvgIpc) is 3.35. The van der Waals surface area contributed by atoms with E-state index in [1.165, 1.54) is 5.56 Å². The number of hydrogen-bond donors (Lipinski definition) is 4. The fourth-order valence-corrected chi connectivity index (χ4v) is 5.46. The van der Waals surface area contributed by atoms with Gasteiger partial charge in [0.15, 0.2) is 0 Å². The van der Waals surface area contributed by atoms with Crippen LogP contribution in [-0.2, 0) is 28.3 Å². The molecule has 5 rings (SSSR count). The third kappa shape index (κ3) is 2.85. The minimum Gasteiger partial charge on any atom is -0.394 e. The van der Waals surface area contributed by atoms with E-state index >= 15 is 0 Å². The molecule has 158 valence electrons. The van der Waals surface area contributed by atoms with Crippen molar-refractivity contribution in [3.8, 4) is 11.1 Å². The molecule has 1 fully saturated rings. The van der Waals surface area contributed by atoms with Gasteiger partial charge in [-0.25, -0.2) is 0 Å². The van der Waals surface area contributed by atoms with Crippen LogP contribution in [0.3, 0.4) is 0 Å². The largest absolute Gasteiger partial charge is 0.394 e. The Kier molecular flexibility index (Phi) is 4.95. The van der Waals surface area contributed by atoms with E-state index in [2.05, 4.69) is 36.6 Å². The summed E-state index contributed by atoms with van der Waals surface area (Å²) in [5, 5.41) is 44.0. The first-order valence-corrected chi connectivity index (χ1v) is 11.0. The Morgan fingerprint density at radius 2 is 1.87 bits per heavy atom. The lowest BCUT2D eigenvalue weighted by Gasteiger charge is -2.46. The van der Waals surface area contributed by atoms with E-state index in [4.69, 9.17) is 9.47 Å². The Balaban J connectivity index is 1.63. The zero-order valence-corrected chi connectivity index (χ0v) is 17.3. The van der Waals surface area contributed by atoms with Crippen LogP contribution >= 0.6 is 11.3 Å². The van der Waals surface area contributed by atoms with E-state index in [1.807, 2.05) is 12.1 Å². The summed E-state index contributed by atoms with van der Waals surface area (Å²) in [6.07, 6.45) is -4.47. The molecule has 0 unspecified atom stereocenters. The lowest BCUT2D eigenvalue weighted by atomic mass is 9.86. The molecule has 2 aromatic carbocycles. The van der Waals surface area contributed by atoms with Crippen LogP contribution in [0.2, 0.25) is 0 Å². The van der Waals surface area contributed by atoms with Crippen molar-refractivity contribution in [2.24, 2.45) is 0 Å². The summed E-state index contributed by atoms with van der Waals surface area (Å²) in [4.78, 5) is 0. The summed E-state index contributed by atoms with van der Waals surface area (Å²) in [7, 11) is 0. The number of rotatable bonds is 3. The maximum absolute atomic E-state index is 10.8. The normalized spacial score (nSPS) is 30.8. The van der Waals surface area contributed by atoms with Crippen molar-refractivity contribution in [3.63, 3.8) is 0 Å². The molecule has 2 aliphatic rings. The molecule has 1 saturated heterocycles. The molecule has 1 aromatic heterocycles. The van der Waals surface area contributed by atoms with Crippen molar-refractivity contribution >= 4 is 21.4 Å². The molecule has 3 heterocycles. The van der Waals surface area contributed by atoms with Crippen LogP contribution < -0.4 is 0 Å². The van der Waals surface area contributed by atoms with Gasteiger partial charge in [-0.2, -0.15) is 0 Å². The number of aliphatic hydroxyl groups is 4. The van der Waals surface area contributed by atoms with Gasteiger partial charge in [-0.15, -0.1) is 11.3 Å². The Morgan fingerprint density at radius 3 is 2.57 bits per heavy atom. The third-order valence-corrected chi connectivity index (χ3v) is 7.19. The molecule has 0 amide bonds. The summed E-state index contributed by atoms with van der Waals surface area (Å²) in [5.41, 5.74) is 4.92. The molecule has 6 nitrogen and oxygen atoms in total. The quantitative estimate of drug-likeness (QED) is 0.511. The summed E-state index contributed by atoms with van der Waals surface area (Å²) >= 11 is 1.64. The first kappa shape index (κ1) is 20.1. The first-order chi connectivity index (χ1) is 14.5. The summed E-state index contributed by atoms with van der Waals surface area (Å²) < 4.78 is 12.9. The van der Waals surface area contributed by atoms with Crippen LogP contribution in [0, 0.1) is 0 Å². The van der Waals surface area contributed by atoms with Gasteiger partial charge in [-0.05, 0) is 40.6 Å². The van der Waals surface area contributed by atoms with Crippen molar-refractivity contribution in [1.29, 1.82) is 0 Å². The summed E-state index contributed by atoms with van der Waals surface area (Å²) in [6, 6.07) is 12.4. The smallest absolute Gasteiger partial charge is 0.225 e. The van der Waals surface area contributed by atoms with Gasteiger partial charge in [0.25, 0.3) is 0 Å². The van der Waals surface area contributed by atoms with Crippen molar-refractivity contribution in [1.82, 2.24) is 0 Å². The topological polar surface area (TPSA) is 99.4 Å². The lowest BCUT2D eigenvalue weighted by molar-refractivity contribution is -0.368. The highest BCUT2D eigenvalue weighted by Gasteiger charge is 2.58. The molecule has 4 N–H and O–H groups in total. The van der Waals surface area contributed by atoms with E-state index in [0.717, 1.165) is 33.2 Å². The minimum atomic E-state index is -1.62. The van der Waals surface area contributed by atoms with E-state index in [0.29, 0.717) is 5.56 Å². The number of benzene rings is 2. The number of aryl methyl sites for hydroxylation is 1. The number of aliphatic hydroxyl groups excluding tert-OH is 4. The molecule has 0 saturated carbocycles. The van der Waals surface area contributed by atoms with E-state index in [-0.39, 0.29) is 6.61 Å². The molecular weight excluding hydrogens is 404 g/mol. The van der Waals surface area contributed by atoms with Crippen LogP contribution in [0.25, 0.3) is 21.2 Å². The fourth-order valence-electron chi connectivity index (χ4n) is 4.45. The summed E-state index contributed by atoms with van der Waals surface area (Å²) in [6.45, 7) is 1.83. The second-order valence-electron chi connectivity index (χ2n) is 7.93. The number of fused-ring (bicyclic) bond motifs is 3. The Bertz CT molecular complexity index is 1080. The van der Waals surface area contributed by atoms with Gasteiger partial charge in [-0.3, -0.25) is 0 Å². The number of hydrogen-bond acceptors (Lipinski definition) is 7. The molecule has 1 spiro atoms. The Labute approximate surface area is 177 Å². The lowest BCUT2D eigenvalue weighted by Crippen LogP contribution is -2.63. The van der Waals surface area contributed by atoms with Crippen LogP contribution in [0.4, 0.5) is 0 Å². The van der Waals surface area contributed by atoms with Gasteiger partial charge in [0, 0.05) is 21.2 Å². The summed E-state index contributed by atoms with van der Waals surface area (Å²) in [5.74, 6) is -1.62. The fraction of sp³-hybridized carbons (Fsp3) is 0.391. The van der Waals surface area contributed by atoms with Crippen molar-refractivity contribution in [2.45, 2.75) is 50.2 Å². The van der Waals surface area contributed by atoms with Gasteiger partial charge >= 0.3 is 0 Å². The van der Waals surface area contributed by atoms with Gasteiger partial charge in [0.2, 0.25) is 5.79 Å².